The van der Waals surface area contributed by atoms with E-state index in [0.29, 0.717) is 13.2 Å². The van der Waals surface area contributed by atoms with Gasteiger partial charge in [0.2, 0.25) is 0 Å². The maximum atomic E-state index is 12.1. The second-order valence-electron chi connectivity index (χ2n) is 6.33. The molecule has 1 aliphatic heterocycles. The molecule has 0 aliphatic carbocycles. The molecule has 1 aliphatic rings. The standard InChI is InChI=1S/C19H31N3O3/c1-4-15(3)21-19(23)20-14-18(22-10-12-24-13-11-22)16-6-8-17(9-7-16)25-5-2/h6-9,15,18H,4-5,10-14H2,1-3H3,(H2,20,21,23). The first-order chi connectivity index (χ1) is 12.1. The lowest BCUT2D eigenvalue weighted by Crippen LogP contribution is -2.47. The molecule has 1 heterocycles. The van der Waals surface area contributed by atoms with Crippen LogP contribution in [0.4, 0.5) is 4.79 Å². The summed E-state index contributed by atoms with van der Waals surface area (Å²) in [6.07, 6.45) is 0.916. The molecule has 2 N–H and O–H groups in total. The molecule has 0 spiro atoms. The van der Waals surface area contributed by atoms with Gasteiger partial charge in [-0.05, 0) is 38.0 Å². The molecule has 25 heavy (non-hydrogen) atoms. The molecule has 2 rings (SSSR count). The van der Waals surface area contributed by atoms with Crippen LogP contribution in [0.3, 0.4) is 0 Å². The fraction of sp³-hybridized carbons (Fsp3) is 0.632. The number of urea groups is 1. The first kappa shape index (κ1) is 19.5. The minimum atomic E-state index is -0.112. The van der Waals surface area contributed by atoms with Gasteiger partial charge in [0, 0.05) is 25.7 Å². The first-order valence-electron chi connectivity index (χ1n) is 9.23. The highest BCUT2D eigenvalue weighted by atomic mass is 16.5. The number of ether oxygens (including phenoxy) is 2. The van der Waals surface area contributed by atoms with Crippen molar-refractivity contribution < 1.29 is 14.3 Å². The highest BCUT2D eigenvalue weighted by Gasteiger charge is 2.23. The summed E-state index contributed by atoms with van der Waals surface area (Å²) in [5.41, 5.74) is 1.18. The lowest BCUT2D eigenvalue weighted by molar-refractivity contribution is 0.0167. The topological polar surface area (TPSA) is 62.8 Å². The zero-order chi connectivity index (χ0) is 18.1. The van der Waals surface area contributed by atoms with Crippen LogP contribution in [0, 0.1) is 0 Å². The van der Waals surface area contributed by atoms with Crippen molar-refractivity contribution in [2.45, 2.75) is 39.3 Å². The number of amides is 2. The normalized spacial score (nSPS) is 17.6. The molecule has 1 aromatic carbocycles. The molecule has 0 radical (unpaired) electrons. The Bertz CT molecular complexity index is 515. The third-order valence-corrected chi connectivity index (χ3v) is 4.51. The summed E-state index contributed by atoms with van der Waals surface area (Å²) in [6.45, 7) is 10.5. The zero-order valence-electron chi connectivity index (χ0n) is 15.6. The Morgan fingerprint density at radius 3 is 2.52 bits per heavy atom. The molecule has 0 bridgehead atoms. The average molecular weight is 349 g/mol. The van der Waals surface area contributed by atoms with Gasteiger partial charge in [-0.2, -0.15) is 0 Å². The fourth-order valence-corrected chi connectivity index (χ4v) is 2.87. The van der Waals surface area contributed by atoms with Crippen molar-refractivity contribution >= 4 is 6.03 Å². The predicted octanol–water partition coefficient (Wildman–Crippen LogP) is 2.56. The summed E-state index contributed by atoms with van der Waals surface area (Å²) in [6, 6.07) is 8.34. The molecule has 6 heteroatoms. The van der Waals surface area contributed by atoms with Gasteiger partial charge >= 0.3 is 6.03 Å². The predicted molar refractivity (Wildman–Crippen MR) is 99.0 cm³/mol. The molecule has 2 amide bonds. The molecule has 140 valence electrons. The number of morpholine rings is 1. The summed E-state index contributed by atoms with van der Waals surface area (Å²) >= 11 is 0. The molecule has 0 saturated carbocycles. The van der Waals surface area contributed by atoms with Crippen LogP contribution in [0.5, 0.6) is 5.75 Å². The van der Waals surface area contributed by atoms with Crippen LogP contribution in [-0.2, 0) is 4.74 Å². The lowest BCUT2D eigenvalue weighted by Gasteiger charge is -2.35. The van der Waals surface area contributed by atoms with Crippen LogP contribution >= 0.6 is 0 Å². The van der Waals surface area contributed by atoms with E-state index >= 15 is 0 Å². The van der Waals surface area contributed by atoms with Gasteiger partial charge in [0.25, 0.3) is 0 Å². The van der Waals surface area contributed by atoms with Crippen molar-refractivity contribution in [1.82, 2.24) is 15.5 Å². The zero-order valence-corrected chi connectivity index (χ0v) is 15.6. The van der Waals surface area contributed by atoms with Crippen molar-refractivity contribution in [3.63, 3.8) is 0 Å². The summed E-state index contributed by atoms with van der Waals surface area (Å²) in [4.78, 5) is 14.4. The van der Waals surface area contributed by atoms with E-state index in [1.807, 2.05) is 26.0 Å². The Morgan fingerprint density at radius 2 is 1.92 bits per heavy atom. The van der Waals surface area contributed by atoms with Crippen LogP contribution < -0.4 is 15.4 Å². The molecule has 1 fully saturated rings. The Morgan fingerprint density at radius 1 is 1.24 bits per heavy atom. The second kappa shape index (κ2) is 10.3. The molecular weight excluding hydrogens is 318 g/mol. The van der Waals surface area contributed by atoms with E-state index in [-0.39, 0.29) is 18.1 Å². The lowest BCUT2D eigenvalue weighted by atomic mass is 10.0. The van der Waals surface area contributed by atoms with Gasteiger partial charge in [0.15, 0.2) is 0 Å². The number of nitrogens with one attached hydrogen (secondary N) is 2. The van der Waals surface area contributed by atoms with E-state index < -0.39 is 0 Å². The van der Waals surface area contributed by atoms with E-state index in [9.17, 15) is 4.79 Å². The van der Waals surface area contributed by atoms with Crippen LogP contribution in [0.15, 0.2) is 24.3 Å². The van der Waals surface area contributed by atoms with E-state index in [1.165, 1.54) is 5.56 Å². The second-order valence-corrected chi connectivity index (χ2v) is 6.33. The number of carbonyl (C=O) groups excluding carboxylic acids is 1. The minimum Gasteiger partial charge on any atom is -0.494 e. The number of hydrogen-bond donors (Lipinski definition) is 2. The molecule has 6 nitrogen and oxygen atoms in total. The van der Waals surface area contributed by atoms with Gasteiger partial charge in [0.1, 0.15) is 5.75 Å². The van der Waals surface area contributed by atoms with E-state index in [1.54, 1.807) is 0 Å². The third-order valence-electron chi connectivity index (χ3n) is 4.51. The van der Waals surface area contributed by atoms with Crippen molar-refractivity contribution in [2.75, 3.05) is 39.5 Å². The fourth-order valence-electron chi connectivity index (χ4n) is 2.87. The quantitative estimate of drug-likeness (QED) is 0.757. The monoisotopic (exact) mass is 349 g/mol. The van der Waals surface area contributed by atoms with Crippen LogP contribution in [-0.4, -0.2) is 56.4 Å². The van der Waals surface area contributed by atoms with E-state index in [4.69, 9.17) is 9.47 Å². The summed E-state index contributed by atoms with van der Waals surface area (Å²) in [5, 5.41) is 5.97. The Kier molecular flexibility index (Phi) is 8.01. The van der Waals surface area contributed by atoms with Gasteiger partial charge in [-0.15, -0.1) is 0 Å². The number of carbonyl (C=O) groups is 1. The van der Waals surface area contributed by atoms with Crippen molar-refractivity contribution in [1.29, 1.82) is 0 Å². The summed E-state index contributed by atoms with van der Waals surface area (Å²) in [7, 11) is 0. The Balaban J connectivity index is 2.03. The number of hydrogen-bond acceptors (Lipinski definition) is 4. The molecule has 2 unspecified atom stereocenters. The Hall–Kier alpha value is -1.79. The van der Waals surface area contributed by atoms with Crippen LogP contribution in [0.25, 0.3) is 0 Å². The average Bonchev–Trinajstić information content (AvgIpc) is 2.64. The molecular formula is C19H31N3O3. The van der Waals surface area contributed by atoms with Gasteiger partial charge in [0.05, 0.1) is 25.9 Å². The van der Waals surface area contributed by atoms with E-state index in [2.05, 4.69) is 34.6 Å². The smallest absolute Gasteiger partial charge is 0.315 e. The molecule has 0 aromatic heterocycles. The van der Waals surface area contributed by atoms with Crippen molar-refractivity contribution in [3.05, 3.63) is 29.8 Å². The van der Waals surface area contributed by atoms with Gasteiger partial charge in [-0.3, -0.25) is 4.90 Å². The van der Waals surface area contributed by atoms with Crippen molar-refractivity contribution in [2.24, 2.45) is 0 Å². The summed E-state index contributed by atoms with van der Waals surface area (Å²) in [5.74, 6) is 0.870. The van der Waals surface area contributed by atoms with Crippen LogP contribution in [0.1, 0.15) is 38.8 Å². The number of rotatable bonds is 8. The number of benzene rings is 1. The van der Waals surface area contributed by atoms with Gasteiger partial charge in [-0.25, -0.2) is 4.79 Å². The number of nitrogens with zero attached hydrogens (tertiary/aromatic N) is 1. The third kappa shape index (κ3) is 6.21. The molecule has 1 saturated heterocycles. The highest BCUT2D eigenvalue weighted by molar-refractivity contribution is 5.74. The van der Waals surface area contributed by atoms with Crippen LogP contribution in [0.2, 0.25) is 0 Å². The highest BCUT2D eigenvalue weighted by Crippen LogP contribution is 2.23. The van der Waals surface area contributed by atoms with Gasteiger partial charge in [-0.1, -0.05) is 19.1 Å². The molecule has 1 aromatic rings. The molecule has 2 atom stereocenters. The van der Waals surface area contributed by atoms with E-state index in [0.717, 1.165) is 38.5 Å². The summed E-state index contributed by atoms with van der Waals surface area (Å²) < 4.78 is 11.0. The Labute approximate surface area is 150 Å². The van der Waals surface area contributed by atoms with Gasteiger partial charge < -0.3 is 20.1 Å². The maximum Gasteiger partial charge on any atom is 0.315 e. The van der Waals surface area contributed by atoms with Crippen molar-refractivity contribution in [3.8, 4) is 5.75 Å². The first-order valence-corrected chi connectivity index (χ1v) is 9.23. The maximum absolute atomic E-state index is 12.1. The SMILES string of the molecule is CCOc1ccc(C(CNC(=O)NC(C)CC)N2CCOCC2)cc1. The minimum absolute atomic E-state index is 0.112. The largest absolute Gasteiger partial charge is 0.494 e.